The average Bonchev–Trinajstić information content (AvgIpc) is 3.50. The number of halogens is 2. The van der Waals surface area contributed by atoms with Crippen molar-refractivity contribution < 1.29 is 23.4 Å². The molecule has 0 aromatic heterocycles. The molecule has 2 aliphatic carbocycles. The Morgan fingerprint density at radius 2 is 1.88 bits per heavy atom. The fourth-order valence-corrected chi connectivity index (χ4v) is 7.32. The third-order valence-corrected chi connectivity index (χ3v) is 9.23. The summed E-state index contributed by atoms with van der Waals surface area (Å²) in [5.41, 5.74) is 0. The maximum atomic E-state index is 14.8. The zero-order valence-electron chi connectivity index (χ0n) is 20.4. The summed E-state index contributed by atoms with van der Waals surface area (Å²) in [6.07, 6.45) is 2.83. The van der Waals surface area contributed by atoms with E-state index in [-0.39, 0.29) is 48.7 Å². The largest absolute Gasteiger partial charge is 0.394 e. The van der Waals surface area contributed by atoms with Gasteiger partial charge in [-0.1, -0.05) is 6.92 Å². The van der Waals surface area contributed by atoms with Gasteiger partial charge in [0.15, 0.2) is 0 Å². The summed E-state index contributed by atoms with van der Waals surface area (Å²) in [6.45, 7) is 6.29. The molecule has 3 aliphatic heterocycles. The number of nitrogens with one attached hydrogen (secondary N) is 2. The van der Waals surface area contributed by atoms with Crippen molar-refractivity contribution in [3.63, 3.8) is 0 Å². The van der Waals surface area contributed by atoms with Gasteiger partial charge in [0.2, 0.25) is 5.91 Å². The Bertz CT molecular complexity index is 700. The van der Waals surface area contributed by atoms with Crippen LogP contribution in [0.2, 0.25) is 0 Å². The molecule has 5 rings (SSSR count). The fraction of sp³-hybridized carbons (Fsp3) is 0.960. The fourth-order valence-electron chi connectivity index (χ4n) is 7.32. The number of hydrogen-bond donors (Lipinski definition) is 3. The molecule has 194 valence electrons. The first-order chi connectivity index (χ1) is 16.4. The van der Waals surface area contributed by atoms with E-state index in [0.29, 0.717) is 44.2 Å². The molecule has 3 saturated heterocycles. The van der Waals surface area contributed by atoms with Crippen molar-refractivity contribution in [2.24, 2.45) is 11.8 Å². The molecular formula is C25H42F2N4O3. The van der Waals surface area contributed by atoms with Crippen LogP contribution < -0.4 is 10.6 Å². The number of likely N-dealkylation sites (tertiary alicyclic amines) is 1. The number of aliphatic hydroxyl groups excluding tert-OH is 1. The lowest BCUT2D eigenvalue weighted by molar-refractivity contribution is -0.124. The first-order valence-corrected chi connectivity index (χ1v) is 13.5. The topological polar surface area (TPSA) is 77.1 Å². The molecule has 0 radical (unpaired) electrons. The highest BCUT2D eigenvalue weighted by molar-refractivity contribution is 5.82. The second kappa shape index (κ2) is 10.6. The Hall–Kier alpha value is -0.870. The highest BCUT2D eigenvalue weighted by Crippen LogP contribution is 2.39. The first kappa shape index (κ1) is 24.8. The van der Waals surface area contributed by atoms with E-state index in [1.807, 2.05) is 0 Å². The highest BCUT2D eigenvalue weighted by atomic mass is 19.1. The van der Waals surface area contributed by atoms with E-state index >= 15 is 0 Å². The van der Waals surface area contributed by atoms with E-state index in [1.165, 1.54) is 0 Å². The number of ether oxygens (including phenoxy) is 1. The summed E-state index contributed by atoms with van der Waals surface area (Å²) in [5.74, 6) is 0.209. The summed E-state index contributed by atoms with van der Waals surface area (Å²) in [5, 5.41) is 16.0. The predicted molar refractivity (Wildman–Crippen MR) is 125 cm³/mol. The SMILES string of the molecule is CC1CCC(F)C2CC(C(=O)NC3CC(F)CC(N4CC[C@H](N5CCO[C@@H](CO)C5)C4)C3)NC12. The van der Waals surface area contributed by atoms with Gasteiger partial charge in [-0.25, -0.2) is 8.78 Å². The summed E-state index contributed by atoms with van der Waals surface area (Å²) >= 11 is 0. The van der Waals surface area contributed by atoms with Crippen LogP contribution in [0.4, 0.5) is 8.78 Å². The number of alkyl halides is 2. The molecule has 5 aliphatic rings. The standard InChI is InChI=1S/C25H42F2N4O3/c1-15-2-3-22(27)21-11-23(29-24(15)21)25(33)28-17-8-16(26)9-19(10-17)30-5-4-18(12-30)31-6-7-34-20(13-31)14-32/h15-24,29,32H,2-14H2,1H3,(H,28,33)/t15?,16?,17?,18-,19?,20+,21?,22?,23?,24?/m0/s1. The van der Waals surface area contributed by atoms with Gasteiger partial charge in [-0.3, -0.25) is 14.6 Å². The minimum Gasteiger partial charge on any atom is -0.394 e. The number of hydrogen-bond acceptors (Lipinski definition) is 6. The van der Waals surface area contributed by atoms with Crippen molar-refractivity contribution >= 4 is 5.91 Å². The maximum Gasteiger partial charge on any atom is 0.237 e. The molecule has 34 heavy (non-hydrogen) atoms. The average molecular weight is 485 g/mol. The van der Waals surface area contributed by atoms with E-state index in [0.717, 1.165) is 45.4 Å². The Balaban J connectivity index is 1.14. The third-order valence-electron chi connectivity index (χ3n) is 9.23. The van der Waals surface area contributed by atoms with Crippen molar-refractivity contribution in [2.75, 3.05) is 39.4 Å². The lowest BCUT2D eigenvalue weighted by atomic mass is 9.77. The van der Waals surface area contributed by atoms with Gasteiger partial charge in [-0.15, -0.1) is 0 Å². The van der Waals surface area contributed by atoms with Crippen molar-refractivity contribution in [1.82, 2.24) is 20.4 Å². The number of rotatable bonds is 5. The molecule has 9 heteroatoms. The second-order valence-electron chi connectivity index (χ2n) is 11.5. The Morgan fingerprint density at radius 3 is 2.68 bits per heavy atom. The van der Waals surface area contributed by atoms with Crippen LogP contribution in [0.15, 0.2) is 0 Å². The van der Waals surface area contributed by atoms with Crippen LogP contribution in [0.1, 0.15) is 51.9 Å². The molecule has 3 heterocycles. The van der Waals surface area contributed by atoms with Gasteiger partial charge in [0.25, 0.3) is 0 Å². The van der Waals surface area contributed by atoms with Crippen LogP contribution in [-0.4, -0.2) is 109 Å². The minimum atomic E-state index is -0.917. The van der Waals surface area contributed by atoms with Crippen LogP contribution in [-0.2, 0) is 9.53 Å². The second-order valence-corrected chi connectivity index (χ2v) is 11.5. The minimum absolute atomic E-state index is 0.0444. The van der Waals surface area contributed by atoms with E-state index in [1.54, 1.807) is 0 Å². The number of carbonyl (C=O) groups is 1. The Labute approximate surface area is 201 Å². The number of fused-ring (bicyclic) bond motifs is 1. The van der Waals surface area contributed by atoms with Crippen LogP contribution >= 0.6 is 0 Å². The van der Waals surface area contributed by atoms with Gasteiger partial charge in [-0.2, -0.15) is 0 Å². The molecule has 0 aromatic carbocycles. The number of amides is 1. The van der Waals surface area contributed by atoms with Crippen LogP contribution in [0.25, 0.3) is 0 Å². The normalized spacial score (nSPS) is 46.4. The quantitative estimate of drug-likeness (QED) is 0.545. The first-order valence-electron chi connectivity index (χ1n) is 13.5. The Kier molecular flexibility index (Phi) is 7.75. The lowest BCUT2D eigenvalue weighted by Gasteiger charge is -2.39. The van der Waals surface area contributed by atoms with Gasteiger partial charge < -0.3 is 20.5 Å². The molecule has 0 spiro atoms. The number of carbonyl (C=O) groups excluding carboxylic acids is 1. The molecular weight excluding hydrogens is 442 g/mol. The van der Waals surface area contributed by atoms with Crippen molar-refractivity contribution in [3.8, 4) is 0 Å². The molecule has 10 atom stereocenters. The third kappa shape index (κ3) is 5.28. The molecule has 7 nitrogen and oxygen atoms in total. The molecule has 0 bridgehead atoms. The molecule has 5 fully saturated rings. The highest BCUT2D eigenvalue weighted by Gasteiger charge is 2.47. The van der Waals surface area contributed by atoms with E-state index < -0.39 is 12.3 Å². The van der Waals surface area contributed by atoms with Gasteiger partial charge >= 0.3 is 0 Å². The van der Waals surface area contributed by atoms with Gasteiger partial charge in [0, 0.05) is 56.3 Å². The molecule has 2 saturated carbocycles. The summed E-state index contributed by atoms with van der Waals surface area (Å²) in [6, 6.07) is 0.0603. The van der Waals surface area contributed by atoms with Crippen molar-refractivity contribution in [2.45, 2.75) is 101 Å². The number of nitrogens with zero attached hydrogens (tertiary/aromatic N) is 2. The maximum absolute atomic E-state index is 14.8. The zero-order valence-corrected chi connectivity index (χ0v) is 20.4. The lowest BCUT2D eigenvalue weighted by Crippen LogP contribution is -2.53. The molecule has 8 unspecified atom stereocenters. The van der Waals surface area contributed by atoms with Crippen LogP contribution in [0, 0.1) is 11.8 Å². The van der Waals surface area contributed by atoms with Gasteiger partial charge in [-0.05, 0) is 50.9 Å². The van der Waals surface area contributed by atoms with E-state index in [4.69, 9.17) is 4.74 Å². The molecule has 3 N–H and O–H groups in total. The van der Waals surface area contributed by atoms with Crippen LogP contribution in [0.5, 0.6) is 0 Å². The predicted octanol–water partition coefficient (Wildman–Crippen LogP) is 1.24. The summed E-state index contributed by atoms with van der Waals surface area (Å²) in [7, 11) is 0. The zero-order chi connectivity index (χ0) is 23.8. The van der Waals surface area contributed by atoms with Crippen LogP contribution in [0.3, 0.4) is 0 Å². The molecule has 0 aromatic rings. The summed E-state index contributed by atoms with van der Waals surface area (Å²) in [4.78, 5) is 17.9. The smallest absolute Gasteiger partial charge is 0.237 e. The number of morpholine rings is 1. The van der Waals surface area contributed by atoms with Crippen molar-refractivity contribution in [1.29, 1.82) is 0 Å². The van der Waals surface area contributed by atoms with E-state index in [9.17, 15) is 18.7 Å². The Morgan fingerprint density at radius 1 is 1.06 bits per heavy atom. The van der Waals surface area contributed by atoms with Gasteiger partial charge in [0.1, 0.15) is 12.3 Å². The van der Waals surface area contributed by atoms with Crippen molar-refractivity contribution in [3.05, 3.63) is 0 Å². The van der Waals surface area contributed by atoms with Gasteiger partial charge in [0.05, 0.1) is 25.4 Å². The monoisotopic (exact) mass is 484 g/mol. The number of aliphatic hydroxyl groups is 1. The summed E-state index contributed by atoms with van der Waals surface area (Å²) < 4.78 is 34.8. The molecule has 1 amide bonds. The van der Waals surface area contributed by atoms with E-state index in [2.05, 4.69) is 27.4 Å².